The Kier molecular flexibility index (Phi) is 2.65. The van der Waals surface area contributed by atoms with Gasteiger partial charge in [-0.15, -0.1) is 0 Å². The summed E-state index contributed by atoms with van der Waals surface area (Å²) in [4.78, 5) is 2.20. The standard InChI is InChI=1S/C7H16N2O/c1-6(10)7-5-8-3-4-9(7)2/h6-8,10H,3-5H2,1-2H3. The van der Waals surface area contributed by atoms with Crippen molar-refractivity contribution >= 4 is 0 Å². The second-order valence-electron chi connectivity index (χ2n) is 2.99. The van der Waals surface area contributed by atoms with Crippen LogP contribution in [-0.4, -0.2) is 48.8 Å². The summed E-state index contributed by atoms with van der Waals surface area (Å²) in [6.45, 7) is 4.83. The van der Waals surface area contributed by atoms with E-state index in [1.54, 1.807) is 0 Å². The van der Waals surface area contributed by atoms with Crippen LogP contribution in [0.15, 0.2) is 0 Å². The molecule has 2 unspecified atom stereocenters. The lowest BCUT2D eigenvalue weighted by atomic mass is 10.1. The van der Waals surface area contributed by atoms with Crippen molar-refractivity contribution in [3.05, 3.63) is 0 Å². The number of hydrogen-bond acceptors (Lipinski definition) is 3. The maximum absolute atomic E-state index is 9.27. The second-order valence-corrected chi connectivity index (χ2v) is 2.99. The van der Waals surface area contributed by atoms with E-state index in [2.05, 4.69) is 17.3 Å². The highest BCUT2D eigenvalue weighted by molar-refractivity contribution is 4.80. The Morgan fingerprint density at radius 2 is 2.40 bits per heavy atom. The van der Waals surface area contributed by atoms with E-state index in [1.165, 1.54) is 0 Å². The molecule has 0 spiro atoms. The predicted octanol–water partition coefficient (Wildman–Crippen LogP) is -0.729. The molecule has 0 bridgehead atoms. The third-order valence-electron chi connectivity index (χ3n) is 2.12. The average molecular weight is 144 g/mol. The van der Waals surface area contributed by atoms with Gasteiger partial charge in [-0.1, -0.05) is 0 Å². The molecular formula is C7H16N2O. The molecule has 0 aromatic heterocycles. The number of nitrogens with zero attached hydrogens (tertiary/aromatic N) is 1. The van der Waals surface area contributed by atoms with Crippen molar-refractivity contribution in [3.8, 4) is 0 Å². The van der Waals surface area contributed by atoms with Crippen molar-refractivity contribution in [2.24, 2.45) is 0 Å². The van der Waals surface area contributed by atoms with Crippen molar-refractivity contribution in [1.82, 2.24) is 10.2 Å². The van der Waals surface area contributed by atoms with Crippen molar-refractivity contribution in [1.29, 1.82) is 0 Å². The van der Waals surface area contributed by atoms with Gasteiger partial charge in [0.15, 0.2) is 0 Å². The summed E-state index contributed by atoms with van der Waals surface area (Å²) >= 11 is 0. The van der Waals surface area contributed by atoms with Crippen molar-refractivity contribution in [2.75, 3.05) is 26.7 Å². The van der Waals surface area contributed by atoms with Gasteiger partial charge in [0.05, 0.1) is 6.10 Å². The van der Waals surface area contributed by atoms with Crippen LogP contribution in [0.4, 0.5) is 0 Å². The summed E-state index contributed by atoms with van der Waals surface area (Å²) in [7, 11) is 2.05. The van der Waals surface area contributed by atoms with E-state index in [1.807, 2.05) is 6.92 Å². The van der Waals surface area contributed by atoms with Crippen LogP contribution in [0.25, 0.3) is 0 Å². The van der Waals surface area contributed by atoms with Crippen LogP contribution in [0.1, 0.15) is 6.92 Å². The predicted molar refractivity (Wildman–Crippen MR) is 41.0 cm³/mol. The summed E-state index contributed by atoms with van der Waals surface area (Å²) in [6, 6.07) is 0.300. The molecule has 10 heavy (non-hydrogen) atoms. The van der Waals surface area contributed by atoms with E-state index < -0.39 is 0 Å². The van der Waals surface area contributed by atoms with Crippen LogP contribution in [0.5, 0.6) is 0 Å². The Labute approximate surface area is 62.0 Å². The Hall–Kier alpha value is -0.120. The Morgan fingerprint density at radius 1 is 1.70 bits per heavy atom. The Bertz CT molecular complexity index is 106. The van der Waals surface area contributed by atoms with Crippen LogP contribution in [0.3, 0.4) is 0 Å². The molecule has 0 radical (unpaired) electrons. The first-order chi connectivity index (χ1) is 4.72. The molecule has 0 aliphatic carbocycles. The Balaban J connectivity index is 2.40. The molecule has 1 heterocycles. The van der Waals surface area contributed by atoms with Gasteiger partial charge in [0, 0.05) is 25.7 Å². The molecule has 1 fully saturated rings. The molecule has 2 atom stereocenters. The lowest BCUT2D eigenvalue weighted by molar-refractivity contribution is 0.0616. The first-order valence-corrected chi connectivity index (χ1v) is 3.81. The fourth-order valence-corrected chi connectivity index (χ4v) is 1.37. The number of likely N-dealkylation sites (N-methyl/N-ethyl adjacent to an activating group) is 1. The van der Waals surface area contributed by atoms with Gasteiger partial charge in [0.2, 0.25) is 0 Å². The first kappa shape index (κ1) is 7.98. The monoisotopic (exact) mass is 144 g/mol. The molecule has 1 rings (SSSR count). The van der Waals surface area contributed by atoms with Crippen LogP contribution < -0.4 is 5.32 Å². The number of hydrogen-bond donors (Lipinski definition) is 2. The molecular weight excluding hydrogens is 128 g/mol. The minimum Gasteiger partial charge on any atom is -0.392 e. The molecule has 60 valence electrons. The van der Waals surface area contributed by atoms with Gasteiger partial charge in [0.25, 0.3) is 0 Å². The molecule has 0 aromatic carbocycles. The molecule has 0 aromatic rings. The number of aliphatic hydroxyl groups excluding tert-OH is 1. The highest BCUT2D eigenvalue weighted by Crippen LogP contribution is 2.03. The van der Waals surface area contributed by atoms with E-state index in [0.717, 1.165) is 19.6 Å². The number of piperazine rings is 1. The van der Waals surface area contributed by atoms with Crippen LogP contribution >= 0.6 is 0 Å². The van der Waals surface area contributed by atoms with Gasteiger partial charge in [-0.25, -0.2) is 0 Å². The molecule has 2 N–H and O–H groups in total. The van der Waals surface area contributed by atoms with E-state index in [0.29, 0.717) is 6.04 Å². The molecule has 3 heteroatoms. The summed E-state index contributed by atoms with van der Waals surface area (Å²) in [5.41, 5.74) is 0. The maximum atomic E-state index is 9.27. The molecule has 1 aliphatic rings. The lowest BCUT2D eigenvalue weighted by Gasteiger charge is -2.34. The van der Waals surface area contributed by atoms with Gasteiger partial charge in [0.1, 0.15) is 0 Å². The second kappa shape index (κ2) is 3.32. The van der Waals surface area contributed by atoms with Crippen LogP contribution in [0, 0.1) is 0 Å². The number of aliphatic hydroxyl groups is 1. The molecule has 1 saturated heterocycles. The van der Waals surface area contributed by atoms with Crippen LogP contribution in [-0.2, 0) is 0 Å². The zero-order valence-corrected chi connectivity index (χ0v) is 6.67. The van der Waals surface area contributed by atoms with E-state index in [4.69, 9.17) is 0 Å². The third-order valence-corrected chi connectivity index (χ3v) is 2.12. The molecule has 0 saturated carbocycles. The van der Waals surface area contributed by atoms with Crippen molar-refractivity contribution < 1.29 is 5.11 Å². The first-order valence-electron chi connectivity index (χ1n) is 3.81. The quantitative estimate of drug-likeness (QED) is 0.509. The zero-order chi connectivity index (χ0) is 7.56. The summed E-state index contributed by atoms with van der Waals surface area (Å²) in [5.74, 6) is 0. The fourth-order valence-electron chi connectivity index (χ4n) is 1.37. The van der Waals surface area contributed by atoms with Gasteiger partial charge in [-0.3, -0.25) is 4.90 Å². The number of rotatable bonds is 1. The highest BCUT2D eigenvalue weighted by Gasteiger charge is 2.22. The molecule has 0 amide bonds. The summed E-state index contributed by atoms with van der Waals surface area (Å²) < 4.78 is 0. The van der Waals surface area contributed by atoms with Gasteiger partial charge in [-0.05, 0) is 14.0 Å². The summed E-state index contributed by atoms with van der Waals surface area (Å²) in [5, 5.41) is 12.5. The SMILES string of the molecule is CC(O)C1CNCCN1C. The van der Waals surface area contributed by atoms with E-state index in [9.17, 15) is 5.11 Å². The van der Waals surface area contributed by atoms with Gasteiger partial charge < -0.3 is 10.4 Å². The topological polar surface area (TPSA) is 35.5 Å². The smallest absolute Gasteiger partial charge is 0.0679 e. The minimum atomic E-state index is -0.224. The van der Waals surface area contributed by atoms with Crippen molar-refractivity contribution in [3.63, 3.8) is 0 Å². The van der Waals surface area contributed by atoms with E-state index in [-0.39, 0.29) is 6.10 Å². The molecule has 3 nitrogen and oxygen atoms in total. The maximum Gasteiger partial charge on any atom is 0.0679 e. The average Bonchev–Trinajstić information content (AvgIpc) is 1.88. The largest absolute Gasteiger partial charge is 0.392 e. The third kappa shape index (κ3) is 1.68. The number of nitrogens with one attached hydrogen (secondary N) is 1. The van der Waals surface area contributed by atoms with Crippen LogP contribution in [0.2, 0.25) is 0 Å². The molecule has 1 aliphatic heterocycles. The van der Waals surface area contributed by atoms with Crippen molar-refractivity contribution in [2.45, 2.75) is 19.1 Å². The summed E-state index contributed by atoms with van der Waals surface area (Å²) in [6.07, 6.45) is -0.224. The highest BCUT2D eigenvalue weighted by atomic mass is 16.3. The normalized spacial score (nSPS) is 32.1. The van der Waals surface area contributed by atoms with Gasteiger partial charge in [-0.2, -0.15) is 0 Å². The Morgan fingerprint density at radius 3 is 2.80 bits per heavy atom. The minimum absolute atomic E-state index is 0.224. The lowest BCUT2D eigenvalue weighted by Crippen LogP contribution is -2.53. The van der Waals surface area contributed by atoms with E-state index >= 15 is 0 Å². The fraction of sp³-hybridized carbons (Fsp3) is 1.00. The van der Waals surface area contributed by atoms with Gasteiger partial charge >= 0.3 is 0 Å². The zero-order valence-electron chi connectivity index (χ0n) is 6.67.